The SMILES string of the molecule is Cc1cccc(-c2cc(-c3ccc(N)cc3)ccc2N)c1. The van der Waals surface area contributed by atoms with E-state index in [-0.39, 0.29) is 0 Å². The number of benzene rings is 3. The van der Waals surface area contributed by atoms with Gasteiger partial charge in [-0.25, -0.2) is 0 Å². The lowest BCUT2D eigenvalue weighted by atomic mass is 9.96. The van der Waals surface area contributed by atoms with Crippen molar-refractivity contribution in [3.63, 3.8) is 0 Å². The normalized spacial score (nSPS) is 10.5. The molecule has 0 saturated carbocycles. The van der Waals surface area contributed by atoms with Crippen LogP contribution in [0.25, 0.3) is 22.3 Å². The van der Waals surface area contributed by atoms with E-state index in [1.165, 1.54) is 5.56 Å². The van der Waals surface area contributed by atoms with Crippen molar-refractivity contribution in [3.8, 4) is 22.3 Å². The lowest BCUT2D eigenvalue weighted by molar-refractivity contribution is 1.47. The molecule has 3 aromatic rings. The largest absolute Gasteiger partial charge is 0.399 e. The van der Waals surface area contributed by atoms with Crippen molar-refractivity contribution in [1.82, 2.24) is 0 Å². The first-order valence-electron chi connectivity index (χ1n) is 6.96. The lowest BCUT2D eigenvalue weighted by Gasteiger charge is -2.10. The first kappa shape index (κ1) is 13.3. The van der Waals surface area contributed by atoms with Crippen molar-refractivity contribution < 1.29 is 0 Å². The third-order valence-corrected chi connectivity index (χ3v) is 3.63. The van der Waals surface area contributed by atoms with Crippen LogP contribution in [-0.4, -0.2) is 0 Å². The molecular formula is C19H18N2. The molecule has 3 aromatic carbocycles. The van der Waals surface area contributed by atoms with Gasteiger partial charge in [-0.15, -0.1) is 0 Å². The van der Waals surface area contributed by atoms with Gasteiger partial charge in [-0.2, -0.15) is 0 Å². The summed E-state index contributed by atoms with van der Waals surface area (Å²) in [5, 5.41) is 0. The van der Waals surface area contributed by atoms with Crippen LogP contribution in [0.2, 0.25) is 0 Å². The summed E-state index contributed by atoms with van der Waals surface area (Å²) in [4.78, 5) is 0. The molecule has 0 atom stereocenters. The molecule has 3 rings (SSSR count). The minimum Gasteiger partial charge on any atom is -0.399 e. The van der Waals surface area contributed by atoms with E-state index in [4.69, 9.17) is 11.5 Å². The predicted molar refractivity (Wildman–Crippen MR) is 90.9 cm³/mol. The van der Waals surface area contributed by atoms with Crippen molar-refractivity contribution in [2.45, 2.75) is 6.92 Å². The molecule has 21 heavy (non-hydrogen) atoms. The molecule has 2 heteroatoms. The van der Waals surface area contributed by atoms with Gasteiger partial charge in [0.1, 0.15) is 0 Å². The number of anilines is 2. The van der Waals surface area contributed by atoms with Gasteiger partial charge >= 0.3 is 0 Å². The topological polar surface area (TPSA) is 52.0 Å². The van der Waals surface area contributed by atoms with Gasteiger partial charge in [-0.05, 0) is 47.9 Å². The van der Waals surface area contributed by atoms with E-state index < -0.39 is 0 Å². The van der Waals surface area contributed by atoms with E-state index in [0.717, 1.165) is 33.6 Å². The Balaban J connectivity index is 2.10. The van der Waals surface area contributed by atoms with E-state index in [1.54, 1.807) is 0 Å². The van der Waals surface area contributed by atoms with Gasteiger partial charge in [-0.1, -0.05) is 48.0 Å². The second-order valence-electron chi connectivity index (χ2n) is 5.29. The third-order valence-electron chi connectivity index (χ3n) is 3.63. The fourth-order valence-corrected chi connectivity index (χ4v) is 2.47. The lowest BCUT2D eigenvalue weighted by Crippen LogP contribution is -1.91. The quantitative estimate of drug-likeness (QED) is 0.676. The zero-order chi connectivity index (χ0) is 14.8. The Morgan fingerprint density at radius 1 is 0.667 bits per heavy atom. The van der Waals surface area contributed by atoms with E-state index in [9.17, 15) is 0 Å². The summed E-state index contributed by atoms with van der Waals surface area (Å²) in [6.45, 7) is 2.09. The summed E-state index contributed by atoms with van der Waals surface area (Å²) in [7, 11) is 0. The molecule has 0 spiro atoms. The molecule has 0 aliphatic heterocycles. The Kier molecular flexibility index (Phi) is 3.36. The maximum absolute atomic E-state index is 6.15. The molecule has 0 amide bonds. The molecule has 0 fully saturated rings. The molecule has 0 heterocycles. The highest BCUT2D eigenvalue weighted by Crippen LogP contribution is 2.31. The summed E-state index contributed by atoms with van der Waals surface area (Å²) < 4.78 is 0. The molecule has 0 saturated heterocycles. The van der Waals surface area contributed by atoms with Crippen LogP contribution in [0.1, 0.15) is 5.56 Å². The van der Waals surface area contributed by atoms with E-state index in [0.29, 0.717) is 0 Å². The number of hydrogen-bond donors (Lipinski definition) is 2. The third kappa shape index (κ3) is 2.75. The number of nitrogen functional groups attached to an aromatic ring is 2. The first-order chi connectivity index (χ1) is 10.1. The van der Waals surface area contributed by atoms with Gasteiger partial charge in [-0.3, -0.25) is 0 Å². The van der Waals surface area contributed by atoms with Gasteiger partial charge in [0.05, 0.1) is 0 Å². The van der Waals surface area contributed by atoms with Gasteiger partial charge in [0.15, 0.2) is 0 Å². The summed E-state index contributed by atoms with van der Waals surface area (Å²) >= 11 is 0. The van der Waals surface area contributed by atoms with Gasteiger partial charge in [0.25, 0.3) is 0 Å². The van der Waals surface area contributed by atoms with Crippen LogP contribution >= 0.6 is 0 Å². The van der Waals surface area contributed by atoms with Gasteiger partial charge in [0, 0.05) is 16.9 Å². The smallest absolute Gasteiger partial charge is 0.0394 e. The predicted octanol–water partition coefficient (Wildman–Crippen LogP) is 4.49. The molecule has 104 valence electrons. The summed E-state index contributed by atoms with van der Waals surface area (Å²) in [6, 6.07) is 22.4. The molecule has 0 aromatic heterocycles. The van der Waals surface area contributed by atoms with Crippen LogP contribution in [0.4, 0.5) is 11.4 Å². The van der Waals surface area contributed by atoms with Crippen molar-refractivity contribution in [2.75, 3.05) is 11.5 Å². The molecule has 0 aliphatic carbocycles. The van der Waals surface area contributed by atoms with Gasteiger partial charge in [0.2, 0.25) is 0 Å². The van der Waals surface area contributed by atoms with Gasteiger partial charge < -0.3 is 11.5 Å². The van der Waals surface area contributed by atoms with Crippen LogP contribution in [-0.2, 0) is 0 Å². The van der Waals surface area contributed by atoms with Crippen LogP contribution in [0.3, 0.4) is 0 Å². The molecule has 0 unspecified atom stereocenters. The number of nitrogens with two attached hydrogens (primary N) is 2. The highest BCUT2D eigenvalue weighted by atomic mass is 14.6. The average Bonchev–Trinajstić information content (AvgIpc) is 2.49. The second-order valence-corrected chi connectivity index (χ2v) is 5.29. The average molecular weight is 274 g/mol. The van der Waals surface area contributed by atoms with Crippen LogP contribution in [0.15, 0.2) is 66.7 Å². The van der Waals surface area contributed by atoms with Crippen molar-refractivity contribution in [2.24, 2.45) is 0 Å². The zero-order valence-corrected chi connectivity index (χ0v) is 12.0. The standard InChI is InChI=1S/C19H18N2/c1-13-3-2-4-16(11-13)18-12-15(7-10-19(18)21)14-5-8-17(20)9-6-14/h2-12H,20-21H2,1H3. The fraction of sp³-hybridized carbons (Fsp3) is 0.0526. The Morgan fingerprint density at radius 2 is 1.38 bits per heavy atom. The Hall–Kier alpha value is -2.74. The van der Waals surface area contributed by atoms with Crippen molar-refractivity contribution in [3.05, 3.63) is 72.3 Å². The van der Waals surface area contributed by atoms with Crippen LogP contribution < -0.4 is 11.5 Å². The van der Waals surface area contributed by atoms with E-state index in [1.807, 2.05) is 36.4 Å². The molecule has 4 N–H and O–H groups in total. The van der Waals surface area contributed by atoms with Crippen LogP contribution in [0.5, 0.6) is 0 Å². The summed E-state index contributed by atoms with van der Waals surface area (Å²) in [5.41, 5.74) is 19.2. The molecular weight excluding hydrogens is 256 g/mol. The highest BCUT2D eigenvalue weighted by molar-refractivity contribution is 5.82. The second kappa shape index (κ2) is 5.33. The van der Waals surface area contributed by atoms with Crippen molar-refractivity contribution >= 4 is 11.4 Å². The Bertz CT molecular complexity index is 774. The minimum atomic E-state index is 0.771. The Labute approximate surface area is 125 Å². The molecule has 0 radical (unpaired) electrons. The number of aryl methyl sites for hydroxylation is 1. The monoisotopic (exact) mass is 274 g/mol. The maximum Gasteiger partial charge on any atom is 0.0394 e. The molecule has 0 aliphatic rings. The number of hydrogen-bond acceptors (Lipinski definition) is 2. The Morgan fingerprint density at radius 3 is 2.10 bits per heavy atom. The molecule has 2 nitrogen and oxygen atoms in total. The fourth-order valence-electron chi connectivity index (χ4n) is 2.47. The summed E-state index contributed by atoms with van der Waals surface area (Å²) in [5.74, 6) is 0. The highest BCUT2D eigenvalue weighted by Gasteiger charge is 2.06. The van der Waals surface area contributed by atoms with Crippen LogP contribution in [0, 0.1) is 6.92 Å². The molecule has 0 bridgehead atoms. The zero-order valence-electron chi connectivity index (χ0n) is 12.0. The van der Waals surface area contributed by atoms with Crippen molar-refractivity contribution in [1.29, 1.82) is 0 Å². The first-order valence-corrected chi connectivity index (χ1v) is 6.96. The van der Waals surface area contributed by atoms with E-state index in [2.05, 4.69) is 37.3 Å². The minimum absolute atomic E-state index is 0.771. The number of rotatable bonds is 2. The summed E-state index contributed by atoms with van der Waals surface area (Å²) in [6.07, 6.45) is 0. The van der Waals surface area contributed by atoms with E-state index >= 15 is 0 Å². The maximum atomic E-state index is 6.15.